The highest BCUT2D eigenvalue weighted by Gasteiger charge is 2.14. The van der Waals surface area contributed by atoms with Crippen molar-refractivity contribution in [2.45, 2.75) is 13.8 Å². The molecule has 0 radical (unpaired) electrons. The molecule has 0 atom stereocenters. The molecule has 4 nitrogen and oxygen atoms in total. The van der Waals surface area contributed by atoms with Gasteiger partial charge in [0.25, 0.3) is 0 Å². The lowest BCUT2D eigenvalue weighted by atomic mass is 10.0. The summed E-state index contributed by atoms with van der Waals surface area (Å²) >= 11 is 1.65. The summed E-state index contributed by atoms with van der Waals surface area (Å²) in [7, 11) is 1.65. The van der Waals surface area contributed by atoms with Gasteiger partial charge in [-0.05, 0) is 31.5 Å². The topological polar surface area (TPSA) is 46.0 Å². The molecule has 5 heteroatoms. The Morgan fingerprint density at radius 3 is 2.74 bits per heavy atom. The summed E-state index contributed by atoms with van der Waals surface area (Å²) in [5.74, 6) is 1.60. The maximum absolute atomic E-state index is 5.22. The van der Waals surface area contributed by atoms with E-state index in [0.29, 0.717) is 0 Å². The molecule has 0 unspecified atom stereocenters. The SMILES string of the molecule is COc1cccc(N=C2NN=C(c3ccc(C)cc3C)CS2)c1. The molecule has 0 spiro atoms. The van der Waals surface area contributed by atoms with Gasteiger partial charge in [0.05, 0.1) is 18.5 Å². The molecule has 23 heavy (non-hydrogen) atoms. The second-order valence-corrected chi connectivity index (χ2v) is 6.36. The average molecular weight is 325 g/mol. The molecule has 1 aliphatic heterocycles. The Hall–Kier alpha value is -2.27. The number of hydrogen-bond acceptors (Lipinski definition) is 4. The first-order valence-corrected chi connectivity index (χ1v) is 8.40. The Bertz CT molecular complexity index is 784. The lowest BCUT2D eigenvalue weighted by Gasteiger charge is -2.16. The third-order valence-corrected chi connectivity index (χ3v) is 4.48. The summed E-state index contributed by atoms with van der Waals surface area (Å²) < 4.78 is 5.22. The summed E-state index contributed by atoms with van der Waals surface area (Å²) in [6.45, 7) is 4.22. The van der Waals surface area contributed by atoms with Gasteiger partial charge in [-0.3, -0.25) is 5.43 Å². The van der Waals surface area contributed by atoms with Crippen LogP contribution in [0.5, 0.6) is 5.75 Å². The summed E-state index contributed by atoms with van der Waals surface area (Å²) in [4.78, 5) is 4.57. The lowest BCUT2D eigenvalue weighted by Crippen LogP contribution is -2.25. The zero-order chi connectivity index (χ0) is 16.2. The van der Waals surface area contributed by atoms with E-state index in [1.165, 1.54) is 16.7 Å². The Balaban J connectivity index is 1.78. The third-order valence-electron chi connectivity index (χ3n) is 3.61. The van der Waals surface area contributed by atoms with E-state index in [2.05, 4.69) is 47.6 Å². The molecular formula is C18H19N3OS. The van der Waals surface area contributed by atoms with Gasteiger partial charge in [-0.25, -0.2) is 4.99 Å². The van der Waals surface area contributed by atoms with Crippen LogP contribution in [0.3, 0.4) is 0 Å². The third kappa shape index (κ3) is 3.74. The van der Waals surface area contributed by atoms with Gasteiger partial charge in [0.15, 0.2) is 5.17 Å². The van der Waals surface area contributed by atoms with Crippen molar-refractivity contribution in [3.05, 3.63) is 59.2 Å². The number of hydrogen-bond donors (Lipinski definition) is 1. The zero-order valence-corrected chi connectivity index (χ0v) is 14.3. The summed E-state index contributed by atoms with van der Waals surface area (Å²) in [6, 6.07) is 14.1. The number of amidine groups is 1. The van der Waals surface area contributed by atoms with Crippen molar-refractivity contribution in [1.29, 1.82) is 0 Å². The van der Waals surface area contributed by atoms with E-state index in [1.54, 1.807) is 18.9 Å². The zero-order valence-electron chi connectivity index (χ0n) is 13.5. The van der Waals surface area contributed by atoms with Gasteiger partial charge in [-0.1, -0.05) is 41.6 Å². The molecular weight excluding hydrogens is 306 g/mol. The van der Waals surface area contributed by atoms with Crippen molar-refractivity contribution >= 4 is 28.3 Å². The highest BCUT2D eigenvalue weighted by molar-refractivity contribution is 8.14. The summed E-state index contributed by atoms with van der Waals surface area (Å²) in [5, 5.41) is 5.29. The molecule has 0 aliphatic carbocycles. The van der Waals surface area contributed by atoms with Gasteiger partial charge in [-0.2, -0.15) is 5.10 Å². The standard InChI is InChI=1S/C18H19N3OS/c1-12-7-8-16(13(2)9-12)17-11-23-18(21-20-17)19-14-5-4-6-15(10-14)22-3/h4-10H,11H2,1-3H3,(H,19,21). The number of ether oxygens (including phenoxy) is 1. The molecule has 0 amide bonds. The fourth-order valence-electron chi connectivity index (χ4n) is 2.45. The maximum Gasteiger partial charge on any atom is 0.182 e. The van der Waals surface area contributed by atoms with Crippen LogP contribution in [0.25, 0.3) is 0 Å². The van der Waals surface area contributed by atoms with Crippen LogP contribution in [0.15, 0.2) is 52.6 Å². The Labute approximate surface area is 140 Å². The molecule has 0 aromatic heterocycles. The van der Waals surface area contributed by atoms with Gasteiger partial charge >= 0.3 is 0 Å². The minimum atomic E-state index is 0.798. The number of nitrogens with one attached hydrogen (secondary N) is 1. The first kappa shape index (κ1) is 15.6. The van der Waals surface area contributed by atoms with Crippen molar-refractivity contribution in [3.8, 4) is 5.75 Å². The minimum Gasteiger partial charge on any atom is -0.497 e. The molecule has 1 aliphatic rings. The molecule has 0 saturated heterocycles. The van der Waals surface area contributed by atoms with E-state index in [4.69, 9.17) is 4.74 Å². The highest BCUT2D eigenvalue weighted by atomic mass is 32.2. The van der Waals surface area contributed by atoms with E-state index in [0.717, 1.165) is 28.1 Å². The molecule has 2 aromatic carbocycles. The fourth-order valence-corrected chi connectivity index (χ4v) is 3.22. The van der Waals surface area contributed by atoms with E-state index >= 15 is 0 Å². The second-order valence-electron chi connectivity index (χ2n) is 5.40. The van der Waals surface area contributed by atoms with E-state index in [-0.39, 0.29) is 0 Å². The van der Waals surface area contributed by atoms with Crippen LogP contribution in [0.1, 0.15) is 16.7 Å². The van der Waals surface area contributed by atoms with Crippen LogP contribution in [-0.2, 0) is 0 Å². The Morgan fingerprint density at radius 2 is 2.04 bits per heavy atom. The number of methoxy groups -OCH3 is 1. The molecule has 2 aromatic rings. The quantitative estimate of drug-likeness (QED) is 0.926. The molecule has 3 rings (SSSR count). The van der Waals surface area contributed by atoms with Gasteiger partial charge < -0.3 is 4.74 Å². The van der Waals surface area contributed by atoms with Crippen molar-refractivity contribution in [1.82, 2.24) is 5.43 Å². The summed E-state index contributed by atoms with van der Waals surface area (Å²) in [5.41, 5.74) is 8.67. The summed E-state index contributed by atoms with van der Waals surface area (Å²) in [6.07, 6.45) is 0. The second kappa shape index (κ2) is 6.87. The number of nitrogens with zero attached hydrogens (tertiary/aromatic N) is 2. The highest BCUT2D eigenvalue weighted by Crippen LogP contribution is 2.23. The number of aliphatic imine (C=N–C) groups is 1. The number of hydrazone groups is 1. The van der Waals surface area contributed by atoms with Crippen molar-refractivity contribution in [2.24, 2.45) is 10.1 Å². The maximum atomic E-state index is 5.22. The predicted octanol–water partition coefficient (Wildman–Crippen LogP) is 4.04. The van der Waals surface area contributed by atoms with Gasteiger partial charge in [0, 0.05) is 17.4 Å². The number of aryl methyl sites for hydroxylation is 2. The van der Waals surface area contributed by atoms with Crippen LogP contribution in [0.4, 0.5) is 5.69 Å². The average Bonchev–Trinajstić information content (AvgIpc) is 2.56. The molecule has 118 valence electrons. The molecule has 1 heterocycles. The molecule has 0 bridgehead atoms. The van der Waals surface area contributed by atoms with Crippen LogP contribution in [0, 0.1) is 13.8 Å². The minimum absolute atomic E-state index is 0.798. The first-order chi connectivity index (χ1) is 11.2. The van der Waals surface area contributed by atoms with Crippen LogP contribution < -0.4 is 10.2 Å². The van der Waals surface area contributed by atoms with Crippen LogP contribution in [-0.4, -0.2) is 23.7 Å². The normalized spacial score (nSPS) is 16.0. The van der Waals surface area contributed by atoms with Gasteiger partial charge in [-0.15, -0.1) is 0 Å². The van der Waals surface area contributed by atoms with E-state index in [9.17, 15) is 0 Å². The lowest BCUT2D eigenvalue weighted by molar-refractivity contribution is 0.415. The predicted molar refractivity (Wildman–Crippen MR) is 98.1 cm³/mol. The number of thioether (sulfide) groups is 1. The Morgan fingerprint density at radius 1 is 1.17 bits per heavy atom. The monoisotopic (exact) mass is 325 g/mol. The largest absolute Gasteiger partial charge is 0.497 e. The van der Waals surface area contributed by atoms with Crippen molar-refractivity contribution < 1.29 is 4.74 Å². The van der Waals surface area contributed by atoms with Crippen LogP contribution in [0.2, 0.25) is 0 Å². The van der Waals surface area contributed by atoms with Crippen molar-refractivity contribution in [3.63, 3.8) is 0 Å². The Kier molecular flexibility index (Phi) is 4.67. The van der Waals surface area contributed by atoms with Crippen molar-refractivity contribution in [2.75, 3.05) is 12.9 Å². The molecule has 1 N–H and O–H groups in total. The number of rotatable bonds is 3. The molecule has 0 fully saturated rings. The van der Waals surface area contributed by atoms with E-state index in [1.807, 2.05) is 24.3 Å². The molecule has 0 saturated carbocycles. The van der Waals surface area contributed by atoms with E-state index < -0.39 is 0 Å². The van der Waals surface area contributed by atoms with Gasteiger partial charge in [0.1, 0.15) is 5.75 Å². The first-order valence-electron chi connectivity index (χ1n) is 7.41. The van der Waals surface area contributed by atoms with Gasteiger partial charge in [0.2, 0.25) is 0 Å². The fraction of sp³-hybridized carbons (Fsp3) is 0.222. The number of benzene rings is 2. The van der Waals surface area contributed by atoms with Crippen LogP contribution >= 0.6 is 11.8 Å². The smallest absolute Gasteiger partial charge is 0.182 e.